The SMILES string of the molecule is O=C(Nc1nccc2c1ccn2C(=O)c1c(Cl)cc(CNCCCO)cc1Cl)C1CC1. The summed E-state index contributed by atoms with van der Waals surface area (Å²) in [7, 11) is 0. The van der Waals surface area contributed by atoms with Gasteiger partial charge in [0.05, 0.1) is 21.1 Å². The molecular formula is C22H22Cl2N4O3. The minimum atomic E-state index is -0.365. The Bertz CT molecular complexity index is 1120. The lowest BCUT2D eigenvalue weighted by molar-refractivity contribution is -0.117. The number of rotatable bonds is 8. The molecule has 1 aliphatic carbocycles. The molecule has 1 aliphatic rings. The minimum Gasteiger partial charge on any atom is -0.396 e. The van der Waals surface area contributed by atoms with Crippen molar-refractivity contribution >= 4 is 51.7 Å². The van der Waals surface area contributed by atoms with Gasteiger partial charge >= 0.3 is 0 Å². The van der Waals surface area contributed by atoms with Crippen molar-refractivity contribution in [3.63, 3.8) is 0 Å². The molecule has 1 aromatic carbocycles. The van der Waals surface area contributed by atoms with Crippen LogP contribution < -0.4 is 10.6 Å². The third-order valence-corrected chi connectivity index (χ3v) is 5.78. The number of benzene rings is 1. The van der Waals surface area contributed by atoms with Crippen LogP contribution in [0.1, 0.15) is 35.2 Å². The summed E-state index contributed by atoms with van der Waals surface area (Å²) >= 11 is 12.8. The maximum atomic E-state index is 13.3. The Labute approximate surface area is 189 Å². The lowest BCUT2D eigenvalue weighted by atomic mass is 10.1. The number of amides is 1. The summed E-state index contributed by atoms with van der Waals surface area (Å²) in [5.41, 5.74) is 1.66. The molecule has 31 heavy (non-hydrogen) atoms. The van der Waals surface area contributed by atoms with Crippen molar-refractivity contribution in [2.75, 3.05) is 18.5 Å². The summed E-state index contributed by atoms with van der Waals surface area (Å²) in [5, 5.41) is 16.1. The first-order chi connectivity index (χ1) is 15.0. The van der Waals surface area contributed by atoms with Crippen LogP contribution in [0.4, 0.5) is 5.82 Å². The average Bonchev–Trinajstić information content (AvgIpc) is 3.50. The van der Waals surface area contributed by atoms with Gasteiger partial charge in [-0.1, -0.05) is 23.2 Å². The molecule has 0 atom stereocenters. The number of pyridine rings is 1. The summed E-state index contributed by atoms with van der Waals surface area (Å²) in [6, 6.07) is 6.87. The number of hydrogen-bond donors (Lipinski definition) is 3. The second-order valence-corrected chi connectivity index (χ2v) is 8.35. The molecule has 0 aliphatic heterocycles. The highest BCUT2D eigenvalue weighted by Gasteiger charge is 2.30. The number of aliphatic hydroxyl groups excluding tert-OH is 1. The third-order valence-electron chi connectivity index (χ3n) is 5.18. The number of anilines is 1. The van der Waals surface area contributed by atoms with Crippen LogP contribution in [0.2, 0.25) is 10.0 Å². The highest BCUT2D eigenvalue weighted by molar-refractivity contribution is 6.40. The second-order valence-electron chi connectivity index (χ2n) is 7.54. The smallest absolute Gasteiger partial charge is 0.265 e. The fraction of sp³-hybridized carbons (Fsp3) is 0.318. The zero-order valence-corrected chi connectivity index (χ0v) is 18.2. The normalized spacial score (nSPS) is 13.5. The number of aromatic nitrogens is 2. The topological polar surface area (TPSA) is 96.2 Å². The van der Waals surface area contributed by atoms with E-state index < -0.39 is 0 Å². The highest BCUT2D eigenvalue weighted by Crippen LogP contribution is 2.32. The van der Waals surface area contributed by atoms with Crippen LogP contribution in [0.25, 0.3) is 10.9 Å². The quantitative estimate of drug-likeness (QED) is 0.443. The predicted octanol–water partition coefficient (Wildman–Crippen LogP) is 3.85. The van der Waals surface area contributed by atoms with Gasteiger partial charge in [0.15, 0.2) is 0 Å². The summed E-state index contributed by atoms with van der Waals surface area (Å²) in [6.45, 7) is 1.31. The summed E-state index contributed by atoms with van der Waals surface area (Å²) < 4.78 is 1.45. The number of carbonyl (C=O) groups excluding carboxylic acids is 2. The summed E-state index contributed by atoms with van der Waals surface area (Å²) in [5.74, 6) is 0.0706. The number of halogens is 2. The van der Waals surface area contributed by atoms with Crippen molar-refractivity contribution in [3.05, 3.63) is 57.8 Å². The Balaban J connectivity index is 1.60. The van der Waals surface area contributed by atoms with Crippen molar-refractivity contribution in [2.45, 2.75) is 25.8 Å². The molecule has 2 heterocycles. The molecule has 0 bridgehead atoms. The van der Waals surface area contributed by atoms with Gasteiger partial charge in [-0.25, -0.2) is 4.98 Å². The Hall–Kier alpha value is -2.45. The first kappa shape index (κ1) is 21.8. The molecule has 9 heteroatoms. The molecular weight excluding hydrogens is 439 g/mol. The number of fused-ring (bicyclic) bond motifs is 1. The lowest BCUT2D eigenvalue weighted by Crippen LogP contribution is -2.17. The minimum absolute atomic E-state index is 0.0478. The van der Waals surface area contributed by atoms with E-state index in [9.17, 15) is 9.59 Å². The van der Waals surface area contributed by atoms with E-state index in [1.165, 1.54) is 4.57 Å². The Kier molecular flexibility index (Phi) is 6.57. The van der Waals surface area contributed by atoms with Crippen molar-refractivity contribution in [2.24, 2.45) is 5.92 Å². The molecule has 1 saturated carbocycles. The van der Waals surface area contributed by atoms with Gasteiger partial charge < -0.3 is 15.7 Å². The summed E-state index contributed by atoms with van der Waals surface area (Å²) in [6.07, 6.45) is 5.62. The highest BCUT2D eigenvalue weighted by atomic mass is 35.5. The van der Waals surface area contributed by atoms with Crippen molar-refractivity contribution in [1.29, 1.82) is 0 Å². The number of nitrogens with zero attached hydrogens (tertiary/aromatic N) is 2. The fourth-order valence-electron chi connectivity index (χ4n) is 3.40. The molecule has 1 amide bonds. The van der Waals surface area contributed by atoms with Gasteiger partial charge in [0.25, 0.3) is 5.91 Å². The van der Waals surface area contributed by atoms with E-state index in [4.69, 9.17) is 28.3 Å². The molecule has 3 N–H and O–H groups in total. The van der Waals surface area contributed by atoms with Crippen LogP contribution in [-0.2, 0) is 11.3 Å². The van der Waals surface area contributed by atoms with Crippen LogP contribution in [0.15, 0.2) is 36.7 Å². The van der Waals surface area contributed by atoms with E-state index in [-0.39, 0.29) is 39.9 Å². The molecule has 0 saturated heterocycles. The predicted molar refractivity (Wildman–Crippen MR) is 121 cm³/mol. The standard InChI is InChI=1S/C22H22Cl2N4O3/c23-16-10-13(12-25-6-1-9-29)11-17(24)19(16)22(31)28-8-5-15-18(28)4-7-26-20(15)27-21(30)14-2-3-14/h4-5,7-8,10-11,14,25,29H,1-3,6,9,12H2,(H,26,27,30). The zero-order valence-electron chi connectivity index (χ0n) is 16.7. The van der Waals surface area contributed by atoms with E-state index in [0.717, 1.165) is 18.4 Å². The van der Waals surface area contributed by atoms with E-state index in [1.54, 1.807) is 36.7 Å². The van der Waals surface area contributed by atoms with Crippen molar-refractivity contribution < 1.29 is 14.7 Å². The van der Waals surface area contributed by atoms with Crippen LogP contribution >= 0.6 is 23.2 Å². The van der Waals surface area contributed by atoms with Gasteiger partial charge in [-0.15, -0.1) is 0 Å². The van der Waals surface area contributed by atoms with Gasteiger partial charge in [-0.3, -0.25) is 14.2 Å². The molecule has 0 unspecified atom stereocenters. The molecule has 1 fully saturated rings. The molecule has 162 valence electrons. The van der Waals surface area contributed by atoms with E-state index >= 15 is 0 Å². The molecule has 7 nitrogen and oxygen atoms in total. The lowest BCUT2D eigenvalue weighted by Gasteiger charge is -2.12. The number of aliphatic hydroxyl groups is 1. The fourth-order valence-corrected chi connectivity index (χ4v) is 4.09. The number of carbonyl (C=O) groups is 2. The van der Waals surface area contributed by atoms with E-state index in [1.807, 2.05) is 0 Å². The maximum absolute atomic E-state index is 13.3. The Morgan fingerprint density at radius 3 is 2.61 bits per heavy atom. The molecule has 2 aromatic heterocycles. The molecule has 4 rings (SSSR count). The largest absolute Gasteiger partial charge is 0.396 e. The van der Waals surface area contributed by atoms with Crippen molar-refractivity contribution in [1.82, 2.24) is 14.9 Å². The molecule has 0 radical (unpaired) electrons. The van der Waals surface area contributed by atoms with Crippen LogP contribution in [0, 0.1) is 5.92 Å². The first-order valence-electron chi connectivity index (χ1n) is 10.1. The third kappa shape index (κ3) is 4.75. The van der Waals surface area contributed by atoms with Gasteiger partial charge in [-0.2, -0.15) is 0 Å². The van der Waals surface area contributed by atoms with Crippen LogP contribution in [0.5, 0.6) is 0 Å². The van der Waals surface area contributed by atoms with E-state index in [2.05, 4.69) is 15.6 Å². The molecule has 3 aromatic rings. The average molecular weight is 461 g/mol. The van der Waals surface area contributed by atoms with Gasteiger partial charge in [0, 0.05) is 36.8 Å². The second kappa shape index (κ2) is 9.36. The number of hydrogen-bond acceptors (Lipinski definition) is 5. The van der Waals surface area contributed by atoms with Gasteiger partial charge in [0.2, 0.25) is 5.91 Å². The number of nitrogens with one attached hydrogen (secondary N) is 2. The summed E-state index contributed by atoms with van der Waals surface area (Å²) in [4.78, 5) is 29.7. The van der Waals surface area contributed by atoms with Crippen molar-refractivity contribution in [3.8, 4) is 0 Å². The maximum Gasteiger partial charge on any atom is 0.265 e. The monoisotopic (exact) mass is 460 g/mol. The zero-order chi connectivity index (χ0) is 22.0. The first-order valence-corrected chi connectivity index (χ1v) is 10.9. The van der Waals surface area contributed by atoms with Gasteiger partial charge in [0.1, 0.15) is 5.82 Å². The Morgan fingerprint density at radius 2 is 1.94 bits per heavy atom. The van der Waals surface area contributed by atoms with Gasteiger partial charge in [-0.05, 0) is 55.6 Å². The van der Waals surface area contributed by atoms with Crippen LogP contribution in [0.3, 0.4) is 0 Å². The van der Waals surface area contributed by atoms with E-state index in [0.29, 0.717) is 36.2 Å². The molecule has 0 spiro atoms. The Morgan fingerprint density at radius 1 is 1.19 bits per heavy atom. The van der Waals surface area contributed by atoms with Crippen LogP contribution in [-0.4, -0.2) is 39.6 Å².